The highest BCUT2D eigenvalue weighted by Crippen LogP contribution is 2.28. The van der Waals surface area contributed by atoms with Gasteiger partial charge in [0, 0.05) is 26.2 Å². The summed E-state index contributed by atoms with van der Waals surface area (Å²) in [6.07, 6.45) is -0.261. The minimum absolute atomic E-state index is 0.261. The molecule has 1 amide bonds. The normalized spacial score (nSPS) is 15.5. The predicted molar refractivity (Wildman–Crippen MR) is 77.0 cm³/mol. The lowest BCUT2D eigenvalue weighted by molar-refractivity contribution is 0.105. The fourth-order valence-electron chi connectivity index (χ4n) is 2.47. The number of hydrogen-bond donors (Lipinski definition) is 1. The van der Waals surface area contributed by atoms with Crippen LogP contribution < -0.4 is 10.6 Å². The van der Waals surface area contributed by atoms with E-state index in [1.165, 1.54) is 0 Å². The topological polar surface area (TPSA) is 97.7 Å². The van der Waals surface area contributed by atoms with Crippen molar-refractivity contribution in [3.8, 4) is 0 Å². The Balaban J connectivity index is 1.76. The number of nitrogens with two attached hydrogens (primary N) is 1. The third kappa shape index (κ3) is 2.44. The molecule has 0 unspecified atom stereocenters. The van der Waals surface area contributed by atoms with Crippen LogP contribution in [0, 0.1) is 0 Å². The van der Waals surface area contributed by atoms with Crippen molar-refractivity contribution in [2.75, 3.05) is 43.4 Å². The molecule has 2 aromatic rings. The number of nitrogens with zero attached hydrogens (tertiary/aromatic N) is 4. The number of anilines is 2. The van der Waals surface area contributed by atoms with Crippen LogP contribution in [0.15, 0.2) is 16.8 Å². The fourth-order valence-corrected chi connectivity index (χ4v) is 2.47. The van der Waals surface area contributed by atoms with Crippen molar-refractivity contribution in [1.29, 1.82) is 0 Å². The van der Waals surface area contributed by atoms with Crippen molar-refractivity contribution in [3.63, 3.8) is 0 Å². The Morgan fingerprint density at radius 2 is 2.00 bits per heavy atom. The Kier molecular flexibility index (Phi) is 3.51. The second-order valence-corrected chi connectivity index (χ2v) is 4.81. The lowest BCUT2D eigenvalue weighted by Crippen LogP contribution is -2.49. The maximum atomic E-state index is 11.7. The van der Waals surface area contributed by atoms with Gasteiger partial charge in [-0.05, 0) is 29.4 Å². The zero-order valence-electron chi connectivity index (χ0n) is 11.8. The van der Waals surface area contributed by atoms with Gasteiger partial charge in [0.15, 0.2) is 11.0 Å². The van der Waals surface area contributed by atoms with E-state index >= 15 is 0 Å². The highest BCUT2D eigenvalue weighted by molar-refractivity contribution is 5.95. The molecule has 0 atom stereocenters. The van der Waals surface area contributed by atoms with E-state index in [1.54, 1.807) is 17.9 Å². The first-order valence-electron chi connectivity index (χ1n) is 6.88. The van der Waals surface area contributed by atoms with Crippen LogP contribution in [-0.4, -0.2) is 54.1 Å². The first-order chi connectivity index (χ1) is 10.2. The van der Waals surface area contributed by atoms with Crippen molar-refractivity contribution in [1.82, 2.24) is 15.2 Å². The smallest absolute Gasteiger partial charge is 0.409 e. The number of piperazine rings is 1. The quantitative estimate of drug-likeness (QED) is 0.827. The van der Waals surface area contributed by atoms with E-state index in [2.05, 4.69) is 15.2 Å². The summed E-state index contributed by atoms with van der Waals surface area (Å²) in [5, 5.41) is 7.74. The molecule has 3 rings (SSSR count). The Morgan fingerprint density at radius 3 is 2.71 bits per heavy atom. The predicted octanol–water partition coefficient (Wildman–Crippen LogP) is 1.08. The molecule has 8 nitrogen and oxygen atoms in total. The lowest BCUT2D eigenvalue weighted by Gasteiger charge is -2.35. The Labute approximate surface area is 121 Å². The molecule has 2 N–H and O–H groups in total. The largest absolute Gasteiger partial charge is 0.450 e. The minimum atomic E-state index is -0.261. The van der Waals surface area contributed by atoms with Crippen molar-refractivity contribution in [2.45, 2.75) is 6.92 Å². The molecule has 2 heterocycles. The first-order valence-corrected chi connectivity index (χ1v) is 6.88. The number of ether oxygens (including phenoxy) is 1. The lowest BCUT2D eigenvalue weighted by atomic mass is 10.2. The van der Waals surface area contributed by atoms with Crippen LogP contribution in [0.4, 0.5) is 16.2 Å². The molecule has 0 aliphatic carbocycles. The van der Waals surface area contributed by atoms with Crippen LogP contribution in [0.25, 0.3) is 11.0 Å². The number of carbonyl (C=O) groups excluding carboxylic acids is 1. The zero-order chi connectivity index (χ0) is 14.8. The number of nitrogen functional groups attached to an aromatic ring is 1. The summed E-state index contributed by atoms with van der Waals surface area (Å²) in [6.45, 7) is 4.81. The van der Waals surface area contributed by atoms with Crippen molar-refractivity contribution >= 4 is 28.5 Å². The molecule has 0 saturated carbocycles. The van der Waals surface area contributed by atoms with Crippen LogP contribution in [0.2, 0.25) is 0 Å². The average molecular weight is 291 g/mol. The second-order valence-electron chi connectivity index (χ2n) is 4.81. The van der Waals surface area contributed by atoms with Gasteiger partial charge in [-0.3, -0.25) is 0 Å². The van der Waals surface area contributed by atoms with E-state index < -0.39 is 0 Å². The van der Waals surface area contributed by atoms with Gasteiger partial charge in [0.05, 0.1) is 18.0 Å². The monoisotopic (exact) mass is 291 g/mol. The molecule has 0 radical (unpaired) electrons. The van der Waals surface area contributed by atoms with E-state index in [0.29, 0.717) is 49.5 Å². The van der Waals surface area contributed by atoms with Crippen LogP contribution >= 0.6 is 0 Å². The number of hydrogen-bond acceptors (Lipinski definition) is 7. The molecule has 0 bridgehead atoms. The standard InChI is InChI=1S/C13H17N5O3/c1-2-20-13(19)18-7-5-17(6-8-18)10-4-3-9(14)11-12(10)16-21-15-11/h3-4H,2,5-8,14H2,1H3. The summed E-state index contributed by atoms with van der Waals surface area (Å²) in [4.78, 5) is 15.5. The zero-order valence-corrected chi connectivity index (χ0v) is 11.8. The third-order valence-corrected chi connectivity index (χ3v) is 3.57. The van der Waals surface area contributed by atoms with Gasteiger partial charge in [0.2, 0.25) is 0 Å². The maximum Gasteiger partial charge on any atom is 0.409 e. The Morgan fingerprint density at radius 1 is 1.29 bits per heavy atom. The van der Waals surface area contributed by atoms with Crippen LogP contribution in [0.1, 0.15) is 6.92 Å². The average Bonchev–Trinajstić information content (AvgIpc) is 2.99. The summed E-state index contributed by atoms with van der Waals surface area (Å²) in [5.41, 5.74) is 8.53. The number of amides is 1. The summed E-state index contributed by atoms with van der Waals surface area (Å²) < 4.78 is 9.79. The molecule has 1 fully saturated rings. The van der Waals surface area contributed by atoms with Crippen LogP contribution in [0.3, 0.4) is 0 Å². The molecule has 1 aliphatic rings. The van der Waals surface area contributed by atoms with Gasteiger partial charge in [0.1, 0.15) is 0 Å². The van der Waals surface area contributed by atoms with Crippen molar-refractivity contribution in [3.05, 3.63) is 12.1 Å². The van der Waals surface area contributed by atoms with Gasteiger partial charge >= 0.3 is 6.09 Å². The summed E-state index contributed by atoms with van der Waals surface area (Å²) >= 11 is 0. The minimum Gasteiger partial charge on any atom is -0.450 e. The third-order valence-electron chi connectivity index (χ3n) is 3.57. The highest BCUT2D eigenvalue weighted by atomic mass is 16.6. The summed E-state index contributed by atoms with van der Waals surface area (Å²) in [5.74, 6) is 0. The van der Waals surface area contributed by atoms with Gasteiger partial charge < -0.3 is 20.3 Å². The van der Waals surface area contributed by atoms with Gasteiger partial charge in [-0.25, -0.2) is 9.42 Å². The molecule has 1 aliphatic heterocycles. The summed E-state index contributed by atoms with van der Waals surface area (Å²) in [7, 11) is 0. The number of aromatic nitrogens is 2. The fraction of sp³-hybridized carbons (Fsp3) is 0.462. The number of rotatable bonds is 2. The van der Waals surface area contributed by atoms with Crippen LogP contribution in [-0.2, 0) is 4.74 Å². The van der Waals surface area contributed by atoms with E-state index in [1.807, 2.05) is 6.07 Å². The highest BCUT2D eigenvalue weighted by Gasteiger charge is 2.24. The molecule has 1 aromatic carbocycles. The van der Waals surface area contributed by atoms with Crippen molar-refractivity contribution < 1.29 is 14.2 Å². The van der Waals surface area contributed by atoms with Gasteiger partial charge in [-0.15, -0.1) is 0 Å². The Hall–Kier alpha value is -2.51. The number of carbonyl (C=O) groups is 1. The molecular formula is C13H17N5O3. The maximum absolute atomic E-state index is 11.7. The van der Waals surface area contributed by atoms with E-state index in [0.717, 1.165) is 5.69 Å². The van der Waals surface area contributed by atoms with Gasteiger partial charge in [-0.1, -0.05) is 0 Å². The number of benzene rings is 1. The second kappa shape index (κ2) is 5.47. The molecule has 112 valence electrons. The Bertz CT molecular complexity index is 648. The SMILES string of the molecule is CCOC(=O)N1CCN(c2ccc(N)c3nonc23)CC1. The molecule has 0 spiro atoms. The van der Waals surface area contributed by atoms with Gasteiger partial charge in [-0.2, -0.15) is 0 Å². The summed E-state index contributed by atoms with van der Waals surface area (Å²) in [6, 6.07) is 3.70. The molecule has 8 heteroatoms. The van der Waals surface area contributed by atoms with Crippen LogP contribution in [0.5, 0.6) is 0 Å². The van der Waals surface area contributed by atoms with E-state index in [9.17, 15) is 4.79 Å². The molecule has 21 heavy (non-hydrogen) atoms. The number of fused-ring (bicyclic) bond motifs is 1. The molecular weight excluding hydrogens is 274 g/mol. The molecule has 1 aromatic heterocycles. The van der Waals surface area contributed by atoms with Gasteiger partial charge in [0.25, 0.3) is 0 Å². The first kappa shape index (κ1) is 13.5. The van der Waals surface area contributed by atoms with E-state index in [-0.39, 0.29) is 6.09 Å². The molecule has 1 saturated heterocycles. The van der Waals surface area contributed by atoms with E-state index in [4.69, 9.17) is 15.1 Å². The van der Waals surface area contributed by atoms with Crippen molar-refractivity contribution in [2.24, 2.45) is 0 Å².